The van der Waals surface area contributed by atoms with E-state index in [1.165, 1.54) is 4.53 Å². The van der Waals surface area contributed by atoms with Gasteiger partial charge in [-0.3, -0.25) is 0 Å². The zero-order valence-corrected chi connectivity index (χ0v) is 9.19. The Morgan fingerprint density at radius 1 is 1.38 bits per heavy atom. The second kappa shape index (κ2) is 4.97. The molecule has 0 unspecified atom stereocenters. The first-order valence-electron chi connectivity index (χ1n) is 4.67. The van der Waals surface area contributed by atoms with Gasteiger partial charge in [0.25, 0.3) is 0 Å². The summed E-state index contributed by atoms with van der Waals surface area (Å²) >= 11 is 1.77. The average molecular weight is 193 g/mol. The van der Waals surface area contributed by atoms with Crippen molar-refractivity contribution in [2.75, 3.05) is 0 Å². The molecule has 2 rings (SSSR count). The quantitative estimate of drug-likeness (QED) is 0.614. The lowest BCUT2D eigenvalue weighted by Gasteiger charge is -1.73. The van der Waals surface area contributed by atoms with Crippen LogP contribution in [0.3, 0.4) is 0 Å². The van der Waals surface area contributed by atoms with E-state index in [1.807, 2.05) is 20.8 Å². The Hall–Kier alpha value is -0.890. The van der Waals surface area contributed by atoms with Crippen molar-refractivity contribution in [3.8, 4) is 0 Å². The maximum atomic E-state index is 4.39. The number of aryl methyl sites for hydroxylation is 1. The van der Waals surface area contributed by atoms with Crippen molar-refractivity contribution in [1.29, 1.82) is 0 Å². The van der Waals surface area contributed by atoms with Crippen LogP contribution in [0.15, 0.2) is 12.2 Å². The molecule has 0 bridgehead atoms. The Morgan fingerprint density at radius 2 is 2.15 bits per heavy atom. The van der Waals surface area contributed by atoms with E-state index in [-0.39, 0.29) is 0 Å². The van der Waals surface area contributed by atoms with E-state index in [0.717, 1.165) is 16.8 Å². The molecular weight excluding hydrogens is 178 g/mol. The molecule has 0 spiro atoms. The summed E-state index contributed by atoms with van der Waals surface area (Å²) in [6.45, 7) is 6.05. The van der Waals surface area contributed by atoms with Crippen LogP contribution in [0.2, 0.25) is 0 Å². The first kappa shape index (κ1) is 10.2. The Kier molecular flexibility index (Phi) is 3.90. The molecule has 1 aliphatic carbocycles. The first-order valence-corrected chi connectivity index (χ1v) is 5.48. The molecule has 2 heteroatoms. The summed E-state index contributed by atoms with van der Waals surface area (Å²) in [7, 11) is 0. The normalized spacial score (nSPS) is 12.8. The van der Waals surface area contributed by atoms with Gasteiger partial charge in [-0.15, -0.1) is 11.3 Å². The number of thiazole rings is 1. The predicted octanol–water partition coefficient (Wildman–Crippen LogP) is 2.00. The Morgan fingerprint density at radius 3 is 2.92 bits per heavy atom. The number of nitrogens with zero attached hydrogens (tertiary/aromatic N) is 1. The molecule has 0 saturated heterocycles. The van der Waals surface area contributed by atoms with E-state index in [1.54, 1.807) is 11.3 Å². The lowest BCUT2D eigenvalue weighted by molar-refractivity contribution is 1.23. The molecule has 1 aromatic rings. The SMILES string of the molecule is CC.Cc1nc2c(s1)=CCC=CC=2. The van der Waals surface area contributed by atoms with Crippen LogP contribution in [0.5, 0.6) is 0 Å². The molecule has 0 aliphatic heterocycles. The van der Waals surface area contributed by atoms with Crippen molar-refractivity contribution in [2.45, 2.75) is 27.2 Å². The highest BCUT2D eigenvalue weighted by Crippen LogP contribution is 1.95. The molecule has 0 aromatic carbocycles. The molecule has 0 saturated carbocycles. The van der Waals surface area contributed by atoms with E-state index < -0.39 is 0 Å². The molecule has 0 fully saturated rings. The van der Waals surface area contributed by atoms with Crippen molar-refractivity contribution < 1.29 is 0 Å². The van der Waals surface area contributed by atoms with Crippen LogP contribution in [0.4, 0.5) is 0 Å². The highest BCUT2D eigenvalue weighted by molar-refractivity contribution is 7.09. The van der Waals surface area contributed by atoms with Gasteiger partial charge in [-0.05, 0) is 19.4 Å². The topological polar surface area (TPSA) is 12.9 Å². The predicted molar refractivity (Wildman–Crippen MR) is 60.1 cm³/mol. The fourth-order valence-corrected chi connectivity index (χ4v) is 2.00. The zero-order chi connectivity index (χ0) is 9.68. The molecular formula is C11H15NS. The maximum Gasteiger partial charge on any atom is 0.0907 e. The fraction of sp³-hybridized carbons (Fsp3) is 0.364. The van der Waals surface area contributed by atoms with Gasteiger partial charge in [0, 0.05) is 0 Å². The van der Waals surface area contributed by atoms with Crippen LogP contribution in [0.25, 0.3) is 12.2 Å². The lowest BCUT2D eigenvalue weighted by Crippen LogP contribution is -2.19. The molecule has 1 aromatic heterocycles. The Bertz CT molecular complexity index is 398. The van der Waals surface area contributed by atoms with Crippen LogP contribution < -0.4 is 9.88 Å². The number of hydrogen-bond donors (Lipinski definition) is 0. The minimum atomic E-state index is 1.03. The standard InChI is InChI=1S/C9H9NS.C2H6/c1-7-10-8-5-3-2-4-6-9(8)11-7;1-2/h2-3,5-6H,4H2,1H3;1-2H3. The van der Waals surface area contributed by atoms with Gasteiger partial charge in [-0.1, -0.05) is 32.1 Å². The van der Waals surface area contributed by atoms with Gasteiger partial charge >= 0.3 is 0 Å². The summed E-state index contributed by atoms with van der Waals surface area (Å²) in [5.74, 6) is 0. The lowest BCUT2D eigenvalue weighted by atomic mass is 10.4. The number of aromatic nitrogens is 1. The van der Waals surface area contributed by atoms with Gasteiger partial charge in [0.1, 0.15) is 0 Å². The van der Waals surface area contributed by atoms with Crippen molar-refractivity contribution in [3.05, 3.63) is 27.0 Å². The third kappa shape index (κ3) is 2.52. The number of allylic oxidation sites excluding steroid dienone is 2. The molecule has 1 nitrogen and oxygen atoms in total. The number of fused-ring (bicyclic) bond motifs is 1. The zero-order valence-electron chi connectivity index (χ0n) is 8.37. The molecule has 0 radical (unpaired) electrons. The van der Waals surface area contributed by atoms with Crippen LogP contribution in [-0.4, -0.2) is 4.98 Å². The van der Waals surface area contributed by atoms with E-state index >= 15 is 0 Å². The highest BCUT2D eigenvalue weighted by atomic mass is 32.1. The van der Waals surface area contributed by atoms with E-state index in [9.17, 15) is 0 Å². The minimum Gasteiger partial charge on any atom is -0.242 e. The third-order valence-corrected chi connectivity index (χ3v) is 2.60. The summed E-state index contributed by atoms with van der Waals surface area (Å²) in [5, 5.41) is 2.28. The summed E-state index contributed by atoms with van der Waals surface area (Å²) in [6.07, 6.45) is 9.54. The number of hydrogen-bond acceptors (Lipinski definition) is 2. The molecule has 0 atom stereocenters. The summed E-state index contributed by atoms with van der Waals surface area (Å²) < 4.78 is 1.31. The van der Waals surface area contributed by atoms with Crippen LogP contribution in [0, 0.1) is 6.92 Å². The van der Waals surface area contributed by atoms with Gasteiger partial charge in [0.05, 0.1) is 14.9 Å². The van der Waals surface area contributed by atoms with Crippen molar-refractivity contribution in [2.24, 2.45) is 0 Å². The van der Waals surface area contributed by atoms with Gasteiger partial charge in [0.2, 0.25) is 0 Å². The summed E-state index contributed by atoms with van der Waals surface area (Å²) in [5.41, 5.74) is 0. The van der Waals surface area contributed by atoms with Gasteiger partial charge in [-0.25, -0.2) is 4.98 Å². The van der Waals surface area contributed by atoms with Gasteiger partial charge in [0.15, 0.2) is 0 Å². The van der Waals surface area contributed by atoms with Crippen molar-refractivity contribution in [3.63, 3.8) is 0 Å². The number of rotatable bonds is 0. The Balaban J connectivity index is 0.000000396. The molecule has 13 heavy (non-hydrogen) atoms. The van der Waals surface area contributed by atoms with Crippen LogP contribution >= 0.6 is 11.3 Å². The van der Waals surface area contributed by atoms with E-state index in [2.05, 4.69) is 29.3 Å². The van der Waals surface area contributed by atoms with Gasteiger partial charge in [-0.2, -0.15) is 0 Å². The van der Waals surface area contributed by atoms with Crippen LogP contribution in [0.1, 0.15) is 25.3 Å². The average Bonchev–Trinajstić information content (AvgIpc) is 2.36. The van der Waals surface area contributed by atoms with Crippen LogP contribution in [-0.2, 0) is 0 Å². The Labute approximate surface area is 83.1 Å². The smallest absolute Gasteiger partial charge is 0.0907 e. The highest BCUT2D eigenvalue weighted by Gasteiger charge is 1.93. The van der Waals surface area contributed by atoms with E-state index in [0.29, 0.717) is 0 Å². The molecule has 0 amide bonds. The van der Waals surface area contributed by atoms with Gasteiger partial charge < -0.3 is 0 Å². The molecule has 70 valence electrons. The second-order valence-electron chi connectivity index (χ2n) is 2.52. The minimum absolute atomic E-state index is 1.03. The largest absolute Gasteiger partial charge is 0.242 e. The fourth-order valence-electron chi connectivity index (χ4n) is 1.14. The summed E-state index contributed by atoms with van der Waals surface area (Å²) in [6, 6.07) is 0. The monoisotopic (exact) mass is 193 g/mol. The maximum absolute atomic E-state index is 4.39. The molecule has 1 aliphatic rings. The summed E-state index contributed by atoms with van der Waals surface area (Å²) in [4.78, 5) is 4.39. The first-order chi connectivity index (χ1) is 6.36. The van der Waals surface area contributed by atoms with Crippen molar-refractivity contribution >= 4 is 23.5 Å². The third-order valence-electron chi connectivity index (χ3n) is 1.62. The molecule has 1 heterocycles. The molecule has 0 N–H and O–H groups in total. The van der Waals surface area contributed by atoms with Crippen molar-refractivity contribution in [1.82, 2.24) is 4.98 Å². The second-order valence-corrected chi connectivity index (χ2v) is 3.75. The van der Waals surface area contributed by atoms with E-state index in [4.69, 9.17) is 0 Å².